The van der Waals surface area contributed by atoms with Crippen LogP contribution < -0.4 is 0 Å². The molecule has 0 spiro atoms. The molecule has 11 heavy (non-hydrogen) atoms. The van der Waals surface area contributed by atoms with Gasteiger partial charge in [0.05, 0.1) is 12.1 Å². The Kier molecular flexibility index (Phi) is 2.25. The molecule has 0 aliphatic carbocycles. The van der Waals surface area contributed by atoms with E-state index >= 15 is 0 Å². The molecule has 0 amide bonds. The maximum Gasteiger partial charge on any atom is 0.117 e. The zero-order valence-corrected chi connectivity index (χ0v) is 6.27. The van der Waals surface area contributed by atoms with Crippen molar-refractivity contribution in [3.8, 4) is 0 Å². The smallest absolute Gasteiger partial charge is 0.117 e. The number of ether oxygens (including phenoxy) is 1. The van der Waals surface area contributed by atoms with Crippen molar-refractivity contribution in [3.63, 3.8) is 0 Å². The van der Waals surface area contributed by atoms with Crippen LogP contribution in [0.25, 0.3) is 0 Å². The standard InChI is InChI=1S/C6H11BO4/c1-6(7)5(10)4(9)3(2-8)11-6/h3-5,8-10H,2H2,1H3/t3-,4?,5?,6-/m1/s1. The third-order valence-corrected chi connectivity index (χ3v) is 1.88. The van der Waals surface area contributed by atoms with Gasteiger partial charge in [-0.2, -0.15) is 0 Å². The van der Waals surface area contributed by atoms with E-state index in [2.05, 4.69) is 0 Å². The van der Waals surface area contributed by atoms with Crippen LogP contribution in [0.4, 0.5) is 0 Å². The summed E-state index contributed by atoms with van der Waals surface area (Å²) < 4.78 is 4.95. The summed E-state index contributed by atoms with van der Waals surface area (Å²) in [5, 5.41) is 27.0. The Labute approximate surface area is 66.2 Å². The molecule has 2 unspecified atom stereocenters. The highest BCUT2D eigenvalue weighted by Gasteiger charge is 2.46. The lowest BCUT2D eigenvalue weighted by Gasteiger charge is -2.22. The highest BCUT2D eigenvalue weighted by Crippen LogP contribution is 2.27. The van der Waals surface area contributed by atoms with Gasteiger partial charge in [0.25, 0.3) is 0 Å². The normalized spacial score (nSPS) is 51.5. The second-order valence-electron chi connectivity index (χ2n) is 2.96. The minimum absolute atomic E-state index is 0.342. The van der Waals surface area contributed by atoms with Gasteiger partial charge in [-0.1, -0.05) is 0 Å². The molecule has 1 aliphatic heterocycles. The number of aliphatic hydroxyl groups excluding tert-OH is 3. The molecule has 0 aromatic carbocycles. The molecule has 0 aromatic rings. The van der Waals surface area contributed by atoms with Crippen molar-refractivity contribution in [2.45, 2.75) is 30.7 Å². The van der Waals surface area contributed by atoms with E-state index in [1.165, 1.54) is 6.92 Å². The Balaban J connectivity index is 2.69. The monoisotopic (exact) mass is 158 g/mol. The van der Waals surface area contributed by atoms with E-state index < -0.39 is 23.8 Å². The molecule has 1 fully saturated rings. The number of rotatable bonds is 1. The van der Waals surface area contributed by atoms with Crippen LogP contribution in [0.3, 0.4) is 0 Å². The lowest BCUT2D eigenvalue weighted by molar-refractivity contribution is -0.0333. The van der Waals surface area contributed by atoms with Crippen LogP contribution in [-0.4, -0.2) is 53.6 Å². The van der Waals surface area contributed by atoms with Crippen LogP contribution in [0.5, 0.6) is 0 Å². The lowest BCUT2D eigenvalue weighted by Crippen LogP contribution is -2.40. The van der Waals surface area contributed by atoms with Crippen molar-refractivity contribution in [1.82, 2.24) is 0 Å². The highest BCUT2D eigenvalue weighted by molar-refractivity contribution is 6.15. The predicted octanol–water partition coefficient (Wildman–Crippen LogP) is -2.02. The van der Waals surface area contributed by atoms with Gasteiger partial charge in [-0.15, -0.1) is 0 Å². The summed E-state index contributed by atoms with van der Waals surface area (Å²) in [5.41, 5.74) is -1.26. The van der Waals surface area contributed by atoms with Crippen molar-refractivity contribution >= 4 is 7.85 Å². The summed E-state index contributed by atoms with van der Waals surface area (Å²) in [7, 11) is 5.43. The third-order valence-electron chi connectivity index (χ3n) is 1.88. The Morgan fingerprint density at radius 3 is 2.27 bits per heavy atom. The molecule has 5 heteroatoms. The molecule has 4 nitrogen and oxygen atoms in total. The van der Waals surface area contributed by atoms with Crippen LogP contribution in [0.15, 0.2) is 0 Å². The van der Waals surface area contributed by atoms with Gasteiger partial charge in [0.15, 0.2) is 0 Å². The topological polar surface area (TPSA) is 69.9 Å². The van der Waals surface area contributed by atoms with Gasteiger partial charge < -0.3 is 20.1 Å². The number of hydrogen-bond acceptors (Lipinski definition) is 4. The Morgan fingerprint density at radius 2 is 2.09 bits per heavy atom. The van der Waals surface area contributed by atoms with Crippen LogP contribution >= 0.6 is 0 Å². The van der Waals surface area contributed by atoms with E-state index in [0.717, 1.165) is 0 Å². The third kappa shape index (κ3) is 1.42. The molecule has 1 rings (SSSR count). The minimum Gasteiger partial charge on any atom is -0.394 e. The molecule has 62 valence electrons. The molecule has 1 aliphatic rings. The molecule has 1 heterocycles. The first-order chi connectivity index (χ1) is 4.99. The van der Waals surface area contributed by atoms with Crippen LogP contribution in [0.1, 0.15) is 6.92 Å². The SMILES string of the molecule is [B][C@]1(C)O[C@H](CO)C(O)C1O. The second-order valence-corrected chi connectivity index (χ2v) is 2.96. The summed E-state index contributed by atoms with van der Waals surface area (Å²) in [6.07, 6.45) is -3.02. The second kappa shape index (κ2) is 2.75. The molecule has 0 saturated carbocycles. The fraction of sp³-hybridized carbons (Fsp3) is 1.00. The molecule has 3 N–H and O–H groups in total. The largest absolute Gasteiger partial charge is 0.394 e. The maximum atomic E-state index is 9.22. The Morgan fingerprint density at radius 1 is 1.55 bits per heavy atom. The fourth-order valence-corrected chi connectivity index (χ4v) is 1.15. The van der Waals surface area contributed by atoms with Crippen LogP contribution in [0.2, 0.25) is 0 Å². The van der Waals surface area contributed by atoms with E-state index in [-0.39, 0.29) is 6.61 Å². The van der Waals surface area contributed by atoms with Crippen LogP contribution in [-0.2, 0) is 4.74 Å². The number of aliphatic hydroxyl groups is 3. The number of hydrogen-bond donors (Lipinski definition) is 3. The van der Waals surface area contributed by atoms with Gasteiger partial charge in [0, 0.05) is 0 Å². The van der Waals surface area contributed by atoms with Gasteiger partial charge in [-0.05, 0) is 6.92 Å². The maximum absolute atomic E-state index is 9.22. The van der Waals surface area contributed by atoms with Crippen molar-refractivity contribution in [2.24, 2.45) is 0 Å². The summed E-state index contributed by atoms with van der Waals surface area (Å²) in [6.45, 7) is 1.11. The van der Waals surface area contributed by atoms with Gasteiger partial charge in [-0.25, -0.2) is 0 Å². The van der Waals surface area contributed by atoms with Gasteiger partial charge in [0.2, 0.25) is 0 Å². The predicted molar refractivity (Wildman–Crippen MR) is 38.1 cm³/mol. The van der Waals surface area contributed by atoms with Crippen molar-refractivity contribution in [3.05, 3.63) is 0 Å². The first-order valence-electron chi connectivity index (χ1n) is 3.42. The Bertz CT molecular complexity index is 150. The molecule has 4 atom stereocenters. The zero-order chi connectivity index (χ0) is 8.65. The first kappa shape index (κ1) is 9.00. The minimum atomic E-state index is -1.26. The van der Waals surface area contributed by atoms with Gasteiger partial charge in [0.1, 0.15) is 26.2 Å². The van der Waals surface area contributed by atoms with E-state index in [1.807, 2.05) is 0 Å². The molecule has 2 radical (unpaired) electrons. The van der Waals surface area contributed by atoms with Crippen molar-refractivity contribution in [2.75, 3.05) is 6.61 Å². The van der Waals surface area contributed by atoms with E-state index in [4.69, 9.17) is 17.7 Å². The van der Waals surface area contributed by atoms with Gasteiger partial charge in [-0.3, -0.25) is 0 Å². The lowest BCUT2D eigenvalue weighted by atomic mass is 9.78. The molecular formula is C6H11BO4. The van der Waals surface area contributed by atoms with Crippen molar-refractivity contribution in [1.29, 1.82) is 0 Å². The van der Waals surface area contributed by atoms with E-state index in [0.29, 0.717) is 0 Å². The quantitative estimate of drug-likeness (QED) is 0.385. The fourth-order valence-electron chi connectivity index (χ4n) is 1.15. The highest BCUT2D eigenvalue weighted by atomic mass is 16.6. The average molecular weight is 158 g/mol. The van der Waals surface area contributed by atoms with E-state index in [9.17, 15) is 10.2 Å². The van der Waals surface area contributed by atoms with Crippen molar-refractivity contribution < 1.29 is 20.1 Å². The average Bonchev–Trinajstić information content (AvgIpc) is 2.13. The summed E-state index contributed by atoms with van der Waals surface area (Å²) in [5.74, 6) is 0. The van der Waals surface area contributed by atoms with E-state index in [1.54, 1.807) is 0 Å². The Hall–Kier alpha value is -0.0951. The molecular weight excluding hydrogens is 147 g/mol. The summed E-state index contributed by atoms with van der Waals surface area (Å²) in [6, 6.07) is 0. The molecule has 0 aromatic heterocycles. The molecule has 1 saturated heterocycles. The molecule has 0 bridgehead atoms. The summed E-state index contributed by atoms with van der Waals surface area (Å²) >= 11 is 0. The zero-order valence-electron chi connectivity index (χ0n) is 6.27. The summed E-state index contributed by atoms with van der Waals surface area (Å²) in [4.78, 5) is 0. The van der Waals surface area contributed by atoms with Gasteiger partial charge >= 0.3 is 0 Å². The van der Waals surface area contributed by atoms with Crippen LogP contribution in [0, 0.1) is 0 Å². The first-order valence-corrected chi connectivity index (χ1v) is 3.42.